The lowest BCUT2D eigenvalue weighted by molar-refractivity contribution is -0.132. The molecule has 0 fully saturated rings. The van der Waals surface area contributed by atoms with Gasteiger partial charge in [0.05, 0.1) is 12.7 Å². The van der Waals surface area contributed by atoms with E-state index in [0.29, 0.717) is 30.8 Å². The molecule has 0 bridgehead atoms. The van der Waals surface area contributed by atoms with Gasteiger partial charge in [-0.25, -0.2) is 4.79 Å². The molecule has 140 valence electrons. The molecular weight excluding hydrogens is 346 g/mol. The first kappa shape index (κ1) is 18.6. The number of aromatic carboxylic acids is 1. The van der Waals surface area contributed by atoms with Crippen molar-refractivity contribution in [2.24, 2.45) is 0 Å². The summed E-state index contributed by atoms with van der Waals surface area (Å²) < 4.78 is 5.07. The number of carboxylic acid groups (broad SMARTS) is 1. The summed E-state index contributed by atoms with van der Waals surface area (Å²) >= 11 is 0. The minimum absolute atomic E-state index is 0.0865. The molecule has 0 saturated carbocycles. The molecule has 0 spiro atoms. The maximum Gasteiger partial charge on any atom is 0.335 e. The van der Waals surface area contributed by atoms with Crippen molar-refractivity contribution in [1.29, 1.82) is 0 Å². The van der Waals surface area contributed by atoms with E-state index < -0.39 is 5.97 Å². The summed E-state index contributed by atoms with van der Waals surface area (Å²) in [6.07, 6.45) is 0.968. The van der Waals surface area contributed by atoms with Gasteiger partial charge in [-0.2, -0.15) is 0 Å². The van der Waals surface area contributed by atoms with Crippen LogP contribution in [0.25, 0.3) is 0 Å². The van der Waals surface area contributed by atoms with Gasteiger partial charge in [0, 0.05) is 31.5 Å². The normalized spacial score (nSPS) is 13.0. The Morgan fingerprint density at radius 1 is 1.00 bits per heavy atom. The van der Waals surface area contributed by atoms with E-state index in [2.05, 4.69) is 0 Å². The highest BCUT2D eigenvalue weighted by Gasteiger charge is 2.22. The van der Waals surface area contributed by atoms with Crippen LogP contribution in [-0.2, 0) is 17.8 Å². The standard InChI is InChI=1S/C21H21NO5/c1-27-18-6-4-15(5-7-18)19(23)8-9-20(24)22-11-10-14-2-3-16(21(25)26)12-17(14)13-22/h2-7,12H,8-11,13H2,1H3,(H,25,26). The number of hydrogen-bond donors (Lipinski definition) is 1. The number of rotatable bonds is 6. The monoisotopic (exact) mass is 367 g/mol. The van der Waals surface area contributed by atoms with Crippen LogP contribution in [0.4, 0.5) is 0 Å². The quantitative estimate of drug-likeness (QED) is 0.794. The topological polar surface area (TPSA) is 83.9 Å². The summed E-state index contributed by atoms with van der Waals surface area (Å²) in [4.78, 5) is 37.6. The molecule has 3 rings (SSSR count). The summed E-state index contributed by atoms with van der Waals surface area (Å²) in [6, 6.07) is 11.8. The molecule has 6 nitrogen and oxygen atoms in total. The predicted octanol–water partition coefficient (Wildman–Crippen LogP) is 2.94. The molecule has 2 aromatic rings. The predicted molar refractivity (Wildman–Crippen MR) is 99.1 cm³/mol. The highest BCUT2D eigenvalue weighted by Crippen LogP contribution is 2.22. The van der Waals surface area contributed by atoms with Crippen LogP contribution in [0.1, 0.15) is 44.7 Å². The Morgan fingerprint density at radius 3 is 2.37 bits per heavy atom. The van der Waals surface area contributed by atoms with Gasteiger partial charge in [0.2, 0.25) is 5.91 Å². The van der Waals surface area contributed by atoms with Crippen LogP contribution in [0.2, 0.25) is 0 Å². The van der Waals surface area contributed by atoms with Crippen molar-refractivity contribution in [3.63, 3.8) is 0 Å². The van der Waals surface area contributed by atoms with Crippen molar-refractivity contribution in [3.8, 4) is 5.75 Å². The first-order valence-electron chi connectivity index (χ1n) is 8.78. The number of nitrogens with zero attached hydrogens (tertiary/aromatic N) is 1. The Bertz CT molecular complexity index is 873. The zero-order valence-electron chi connectivity index (χ0n) is 15.1. The largest absolute Gasteiger partial charge is 0.497 e. The highest BCUT2D eigenvalue weighted by atomic mass is 16.5. The van der Waals surface area contributed by atoms with E-state index in [0.717, 1.165) is 11.1 Å². The number of amides is 1. The minimum atomic E-state index is -0.980. The highest BCUT2D eigenvalue weighted by molar-refractivity contribution is 5.98. The number of ketones is 1. The molecule has 1 aliphatic heterocycles. The van der Waals surface area contributed by atoms with Gasteiger partial charge in [0.25, 0.3) is 0 Å². The lowest BCUT2D eigenvalue weighted by Crippen LogP contribution is -2.36. The second-order valence-electron chi connectivity index (χ2n) is 6.51. The molecule has 0 unspecified atom stereocenters. The zero-order valence-corrected chi connectivity index (χ0v) is 15.1. The number of fused-ring (bicyclic) bond motifs is 1. The van der Waals surface area contributed by atoms with E-state index in [1.807, 2.05) is 6.07 Å². The average Bonchev–Trinajstić information content (AvgIpc) is 2.70. The second-order valence-corrected chi connectivity index (χ2v) is 6.51. The summed E-state index contributed by atoms with van der Waals surface area (Å²) in [6.45, 7) is 0.959. The molecule has 1 N–H and O–H groups in total. The van der Waals surface area contributed by atoms with E-state index >= 15 is 0 Å². The lowest BCUT2D eigenvalue weighted by Gasteiger charge is -2.29. The molecule has 1 heterocycles. The van der Waals surface area contributed by atoms with Crippen LogP contribution in [0.3, 0.4) is 0 Å². The fourth-order valence-electron chi connectivity index (χ4n) is 3.20. The van der Waals surface area contributed by atoms with Crippen molar-refractivity contribution in [2.45, 2.75) is 25.8 Å². The summed E-state index contributed by atoms with van der Waals surface area (Å²) in [5.74, 6) is -0.485. The summed E-state index contributed by atoms with van der Waals surface area (Å²) in [5, 5.41) is 9.12. The third-order valence-electron chi connectivity index (χ3n) is 4.80. The number of carboxylic acids is 1. The molecule has 0 atom stereocenters. The van der Waals surface area contributed by atoms with Gasteiger partial charge in [-0.15, -0.1) is 0 Å². The molecule has 2 aromatic carbocycles. The SMILES string of the molecule is COc1ccc(C(=O)CCC(=O)N2CCc3ccc(C(=O)O)cc3C2)cc1. The molecule has 1 amide bonds. The van der Waals surface area contributed by atoms with Crippen molar-refractivity contribution in [1.82, 2.24) is 4.90 Å². The molecule has 0 aliphatic carbocycles. The number of benzene rings is 2. The van der Waals surface area contributed by atoms with Crippen LogP contribution < -0.4 is 4.74 Å². The smallest absolute Gasteiger partial charge is 0.335 e. The van der Waals surface area contributed by atoms with Crippen LogP contribution in [0.5, 0.6) is 5.75 Å². The first-order valence-corrected chi connectivity index (χ1v) is 8.78. The maximum atomic E-state index is 12.5. The fraction of sp³-hybridized carbons (Fsp3) is 0.286. The van der Waals surface area contributed by atoms with Crippen molar-refractivity contribution in [3.05, 3.63) is 64.7 Å². The molecule has 0 aromatic heterocycles. The van der Waals surface area contributed by atoms with Crippen molar-refractivity contribution in [2.75, 3.05) is 13.7 Å². The van der Waals surface area contributed by atoms with Crippen molar-refractivity contribution < 1.29 is 24.2 Å². The van der Waals surface area contributed by atoms with E-state index in [-0.39, 0.29) is 30.1 Å². The van der Waals surface area contributed by atoms with E-state index in [1.54, 1.807) is 48.4 Å². The molecular formula is C21H21NO5. The van der Waals surface area contributed by atoms with E-state index in [4.69, 9.17) is 9.84 Å². The maximum absolute atomic E-state index is 12.5. The Balaban J connectivity index is 1.59. The fourth-order valence-corrected chi connectivity index (χ4v) is 3.20. The van der Waals surface area contributed by atoms with Crippen LogP contribution in [0.15, 0.2) is 42.5 Å². The number of carbonyl (C=O) groups is 3. The summed E-state index contributed by atoms with van der Waals surface area (Å²) in [5.41, 5.74) is 2.70. The van der Waals surface area contributed by atoms with E-state index in [9.17, 15) is 14.4 Å². The van der Waals surface area contributed by atoms with Gasteiger partial charge in [-0.05, 0) is 53.9 Å². The lowest BCUT2D eigenvalue weighted by atomic mass is 9.97. The van der Waals surface area contributed by atoms with Crippen LogP contribution >= 0.6 is 0 Å². The molecule has 1 aliphatic rings. The van der Waals surface area contributed by atoms with Crippen LogP contribution in [0, 0.1) is 0 Å². The van der Waals surface area contributed by atoms with Crippen molar-refractivity contribution >= 4 is 17.7 Å². The third-order valence-corrected chi connectivity index (χ3v) is 4.80. The van der Waals surface area contributed by atoms with Gasteiger partial charge in [0.15, 0.2) is 5.78 Å². The number of hydrogen-bond acceptors (Lipinski definition) is 4. The van der Waals surface area contributed by atoms with Gasteiger partial charge in [0.1, 0.15) is 5.75 Å². The van der Waals surface area contributed by atoms with Crippen LogP contribution in [-0.4, -0.2) is 41.3 Å². The Labute approximate surface area is 157 Å². The first-order chi connectivity index (χ1) is 13.0. The van der Waals surface area contributed by atoms with E-state index in [1.165, 1.54) is 0 Å². The number of Topliss-reactive ketones (excluding diaryl/α,β-unsaturated/α-hetero) is 1. The zero-order chi connectivity index (χ0) is 19.4. The number of methoxy groups -OCH3 is 1. The number of ether oxygens (including phenoxy) is 1. The van der Waals surface area contributed by atoms with Gasteiger partial charge < -0.3 is 14.7 Å². The van der Waals surface area contributed by atoms with Gasteiger partial charge >= 0.3 is 5.97 Å². The van der Waals surface area contributed by atoms with Gasteiger partial charge in [-0.1, -0.05) is 6.07 Å². The average molecular weight is 367 g/mol. The third kappa shape index (κ3) is 4.34. The van der Waals surface area contributed by atoms with Gasteiger partial charge in [-0.3, -0.25) is 9.59 Å². The summed E-state index contributed by atoms with van der Waals surface area (Å²) in [7, 11) is 1.56. The number of carbonyl (C=O) groups excluding carboxylic acids is 2. The molecule has 6 heteroatoms. The Hall–Kier alpha value is -3.15. The molecule has 0 saturated heterocycles. The molecule has 27 heavy (non-hydrogen) atoms. The molecule has 0 radical (unpaired) electrons. The Morgan fingerprint density at radius 2 is 1.70 bits per heavy atom. The Kier molecular flexibility index (Phi) is 5.54. The minimum Gasteiger partial charge on any atom is -0.497 e. The second kappa shape index (κ2) is 8.03.